The molecule has 0 unspecified atom stereocenters. The maximum atomic E-state index is 13.9. The van der Waals surface area contributed by atoms with E-state index in [1.165, 1.54) is 24.6 Å². The Bertz CT molecular complexity index is 965. The van der Waals surface area contributed by atoms with Crippen LogP contribution in [-0.4, -0.2) is 41.2 Å². The van der Waals surface area contributed by atoms with Crippen molar-refractivity contribution in [1.82, 2.24) is 4.90 Å². The third kappa shape index (κ3) is 5.62. The molecule has 166 valence electrons. The predicted octanol–water partition coefficient (Wildman–Crippen LogP) is 4.12. The van der Waals surface area contributed by atoms with E-state index in [9.17, 15) is 4.39 Å². The number of benzene rings is 1. The molecule has 0 spiro atoms. The first-order chi connectivity index (χ1) is 14.8. The number of amidine groups is 3. The number of hydrogen-bond donors (Lipinski definition) is 4. The Morgan fingerprint density at radius 1 is 1.26 bits per heavy atom. The quantitative estimate of drug-likeness (QED) is 0.296. The molecule has 1 heterocycles. The van der Waals surface area contributed by atoms with Crippen molar-refractivity contribution in [1.29, 1.82) is 10.8 Å². The van der Waals surface area contributed by atoms with E-state index in [1.807, 2.05) is 4.90 Å². The molecule has 1 aliphatic carbocycles. The summed E-state index contributed by atoms with van der Waals surface area (Å²) < 4.78 is 13.9. The second kappa shape index (κ2) is 10.2. The van der Waals surface area contributed by atoms with Gasteiger partial charge >= 0.3 is 0 Å². The van der Waals surface area contributed by atoms with E-state index in [0.717, 1.165) is 25.7 Å². The van der Waals surface area contributed by atoms with Gasteiger partial charge in [-0.25, -0.2) is 9.38 Å². The highest BCUT2D eigenvalue weighted by molar-refractivity contribution is 6.45. The molecule has 0 atom stereocenters. The van der Waals surface area contributed by atoms with E-state index in [0.29, 0.717) is 35.2 Å². The Morgan fingerprint density at radius 3 is 2.68 bits per heavy atom. The maximum Gasteiger partial charge on any atom is 0.171 e. The van der Waals surface area contributed by atoms with Gasteiger partial charge in [-0.2, -0.15) is 0 Å². The molecule has 1 aromatic rings. The predicted molar refractivity (Wildman–Crippen MR) is 125 cm³/mol. The van der Waals surface area contributed by atoms with Crippen molar-refractivity contribution in [3.63, 3.8) is 0 Å². The van der Waals surface area contributed by atoms with Crippen molar-refractivity contribution in [2.24, 2.45) is 27.4 Å². The Labute approximate surface area is 191 Å². The van der Waals surface area contributed by atoms with E-state index in [1.54, 1.807) is 0 Å². The third-order valence-electron chi connectivity index (χ3n) is 5.54. The third-order valence-corrected chi connectivity index (χ3v) is 6.31. The van der Waals surface area contributed by atoms with Gasteiger partial charge in [-0.1, -0.05) is 42.5 Å². The number of nitrogens with zero attached hydrogens (tertiary/aromatic N) is 3. The van der Waals surface area contributed by atoms with Gasteiger partial charge in [0.15, 0.2) is 5.84 Å². The van der Waals surface area contributed by atoms with Crippen LogP contribution in [0.2, 0.25) is 10.0 Å². The van der Waals surface area contributed by atoms with Crippen LogP contribution in [0.5, 0.6) is 0 Å². The average molecular weight is 466 g/mol. The Kier molecular flexibility index (Phi) is 7.67. The smallest absolute Gasteiger partial charge is 0.171 e. The Hall–Kier alpha value is -2.45. The summed E-state index contributed by atoms with van der Waals surface area (Å²) in [6.07, 6.45) is 6.74. The summed E-state index contributed by atoms with van der Waals surface area (Å²) in [5.74, 6) is -0.0300. The summed E-state index contributed by atoms with van der Waals surface area (Å²) in [6, 6.07) is 2.66. The van der Waals surface area contributed by atoms with Crippen molar-refractivity contribution in [3.8, 4) is 0 Å². The number of hydrogen-bond acceptors (Lipinski definition) is 5. The molecule has 1 aromatic carbocycles. The van der Waals surface area contributed by atoms with Gasteiger partial charge in [0.25, 0.3) is 0 Å². The molecule has 31 heavy (non-hydrogen) atoms. The average Bonchev–Trinajstić information content (AvgIpc) is 2.76. The molecule has 0 aromatic heterocycles. The van der Waals surface area contributed by atoms with Crippen molar-refractivity contribution in [3.05, 3.63) is 45.3 Å². The van der Waals surface area contributed by atoms with Gasteiger partial charge in [-0.05, 0) is 31.1 Å². The molecule has 10 heteroatoms. The molecule has 0 bridgehead atoms. The van der Waals surface area contributed by atoms with Gasteiger partial charge in [0.1, 0.15) is 23.2 Å². The van der Waals surface area contributed by atoms with Crippen LogP contribution in [0.3, 0.4) is 0 Å². The number of nitrogens with one attached hydrogen (secondary N) is 2. The number of nitrogens with two attached hydrogens (primary N) is 2. The van der Waals surface area contributed by atoms with Crippen LogP contribution in [0.4, 0.5) is 4.39 Å². The molecule has 6 N–H and O–H groups in total. The van der Waals surface area contributed by atoms with Gasteiger partial charge in [-0.15, -0.1) is 0 Å². The molecule has 0 saturated heterocycles. The molecular weight excluding hydrogens is 440 g/mol. The fraction of sp³-hybridized carbons (Fsp3) is 0.429. The first-order valence-corrected chi connectivity index (χ1v) is 10.9. The summed E-state index contributed by atoms with van der Waals surface area (Å²) in [4.78, 5) is 10.2. The Balaban J connectivity index is 1.81. The maximum absolute atomic E-state index is 13.9. The van der Waals surface area contributed by atoms with Gasteiger partial charge in [-0.3, -0.25) is 15.8 Å². The zero-order valence-corrected chi connectivity index (χ0v) is 18.6. The first kappa shape index (κ1) is 23.2. The van der Waals surface area contributed by atoms with Crippen LogP contribution < -0.4 is 11.5 Å². The molecule has 1 fully saturated rings. The molecular formula is C21H26Cl2FN7. The number of rotatable bonds is 5. The lowest BCUT2D eigenvalue weighted by Gasteiger charge is -2.30. The molecule has 1 saturated carbocycles. The van der Waals surface area contributed by atoms with E-state index in [4.69, 9.17) is 45.5 Å². The highest BCUT2D eigenvalue weighted by Crippen LogP contribution is 2.30. The topological polar surface area (TPSA) is 128 Å². The molecule has 7 nitrogen and oxygen atoms in total. The monoisotopic (exact) mass is 465 g/mol. The van der Waals surface area contributed by atoms with E-state index in [2.05, 4.69) is 9.98 Å². The molecule has 0 radical (unpaired) electrons. The fourth-order valence-electron chi connectivity index (χ4n) is 3.77. The summed E-state index contributed by atoms with van der Waals surface area (Å²) >= 11 is 12.3. The van der Waals surface area contributed by atoms with Crippen LogP contribution in [0.1, 0.15) is 37.7 Å². The molecule has 1 aliphatic heterocycles. The molecule has 0 amide bonds. The van der Waals surface area contributed by atoms with Crippen molar-refractivity contribution >= 4 is 46.4 Å². The molecule has 2 aliphatic rings. The second-order valence-electron chi connectivity index (χ2n) is 7.67. The van der Waals surface area contributed by atoms with E-state index >= 15 is 0 Å². The van der Waals surface area contributed by atoms with Crippen LogP contribution in [0, 0.1) is 22.6 Å². The molecule has 3 rings (SSSR count). The van der Waals surface area contributed by atoms with Gasteiger partial charge in [0.05, 0.1) is 17.3 Å². The van der Waals surface area contributed by atoms with Gasteiger partial charge in [0.2, 0.25) is 0 Å². The minimum absolute atomic E-state index is 0.0550. The fourth-order valence-corrected chi connectivity index (χ4v) is 4.26. The standard InChI is InChI=1S/C21H26Cl2FN7/c22-14-6-7-15(24)18(23)13(14)11-31-9-8-29-21(28)17(31)10-16(25)20(27)30-19(26)12-4-2-1-3-5-12/h6-7,10,12,25H,1-5,8-9,11H2,(H2,28,29)(H3,26,27,30)/b17-10+,25-16?. The van der Waals surface area contributed by atoms with Gasteiger partial charge in [0, 0.05) is 29.6 Å². The largest absolute Gasteiger partial charge is 0.387 e. The highest BCUT2D eigenvalue weighted by atomic mass is 35.5. The zero-order chi connectivity index (χ0) is 22.5. The Morgan fingerprint density at radius 2 is 1.97 bits per heavy atom. The summed E-state index contributed by atoms with van der Waals surface area (Å²) in [5.41, 5.74) is 12.9. The minimum Gasteiger partial charge on any atom is -0.387 e. The van der Waals surface area contributed by atoms with E-state index < -0.39 is 5.82 Å². The highest BCUT2D eigenvalue weighted by Gasteiger charge is 2.23. The van der Waals surface area contributed by atoms with Crippen molar-refractivity contribution < 1.29 is 4.39 Å². The SMILES string of the molecule is N=C(/C=C1\C(N)=NCCN1Cc1c(Cl)ccc(F)c1Cl)C(=N)N=C(N)C1CCCCC1. The van der Waals surface area contributed by atoms with Crippen LogP contribution in [0.15, 0.2) is 33.9 Å². The lowest BCUT2D eigenvalue weighted by Crippen LogP contribution is -2.38. The van der Waals surface area contributed by atoms with Gasteiger partial charge < -0.3 is 16.4 Å². The van der Waals surface area contributed by atoms with Crippen LogP contribution in [0.25, 0.3) is 0 Å². The summed E-state index contributed by atoms with van der Waals surface area (Å²) in [6.45, 7) is 1.10. The first-order valence-electron chi connectivity index (χ1n) is 10.2. The minimum atomic E-state index is -0.563. The number of aliphatic imine (C=N–C) groups is 2. The van der Waals surface area contributed by atoms with E-state index in [-0.39, 0.29) is 34.9 Å². The second-order valence-corrected chi connectivity index (χ2v) is 8.46. The summed E-state index contributed by atoms with van der Waals surface area (Å²) in [7, 11) is 0. The lowest BCUT2D eigenvalue weighted by molar-refractivity contribution is 0.352. The van der Waals surface area contributed by atoms with Crippen molar-refractivity contribution in [2.45, 2.75) is 38.6 Å². The number of halogens is 3. The van der Waals surface area contributed by atoms with Crippen LogP contribution in [-0.2, 0) is 6.54 Å². The normalized spacial score (nSPS) is 19.5. The lowest BCUT2D eigenvalue weighted by atomic mass is 9.88. The zero-order valence-electron chi connectivity index (χ0n) is 17.1. The summed E-state index contributed by atoms with van der Waals surface area (Å²) in [5, 5.41) is 16.8. The van der Waals surface area contributed by atoms with Crippen molar-refractivity contribution in [2.75, 3.05) is 13.1 Å². The van der Waals surface area contributed by atoms with Crippen LogP contribution >= 0.6 is 23.2 Å².